The third-order valence-electron chi connectivity index (χ3n) is 1.61. The first kappa shape index (κ1) is 11.3. The summed E-state index contributed by atoms with van der Waals surface area (Å²) in [5, 5.41) is 8.15. The summed E-state index contributed by atoms with van der Waals surface area (Å²) in [6.07, 6.45) is 0.718. The molecule has 0 aromatic rings. The van der Waals surface area contributed by atoms with Crippen molar-refractivity contribution in [3.63, 3.8) is 0 Å². The monoisotopic (exact) mass is 180 g/mol. The summed E-state index contributed by atoms with van der Waals surface area (Å²) in [4.78, 5) is 9.98. The third-order valence-corrected chi connectivity index (χ3v) is 1.61. The van der Waals surface area contributed by atoms with Crippen LogP contribution in [0.1, 0.15) is 32.1 Å². The number of halogens is 2. The van der Waals surface area contributed by atoms with Crippen LogP contribution in [-0.4, -0.2) is 23.9 Å². The Bertz CT molecular complexity index is 128. The van der Waals surface area contributed by atoms with Crippen LogP contribution in [0.2, 0.25) is 0 Å². The zero-order chi connectivity index (χ0) is 9.40. The van der Waals surface area contributed by atoms with Gasteiger partial charge in [0.2, 0.25) is 0 Å². The smallest absolute Gasteiger partial charge is 0.338 e. The highest BCUT2D eigenvalue weighted by Gasteiger charge is 2.13. The van der Waals surface area contributed by atoms with E-state index in [1.54, 1.807) is 0 Å². The molecule has 0 radical (unpaired) electrons. The Labute approximate surface area is 70.6 Å². The third kappa shape index (κ3) is 6.07. The summed E-state index contributed by atoms with van der Waals surface area (Å²) in [5.41, 5.74) is 0. The van der Waals surface area contributed by atoms with E-state index in [0.29, 0.717) is 25.7 Å². The van der Waals surface area contributed by atoms with Gasteiger partial charge >= 0.3 is 5.97 Å². The lowest BCUT2D eigenvalue weighted by Gasteiger charge is -2.01. The van der Waals surface area contributed by atoms with Crippen molar-refractivity contribution in [2.24, 2.45) is 0 Å². The van der Waals surface area contributed by atoms with Crippen LogP contribution in [0.4, 0.5) is 8.78 Å². The van der Waals surface area contributed by atoms with E-state index in [2.05, 4.69) is 0 Å². The molecule has 0 aliphatic carbocycles. The summed E-state index contributed by atoms with van der Waals surface area (Å²) in [7, 11) is 0. The van der Waals surface area contributed by atoms with Crippen LogP contribution in [0, 0.1) is 0 Å². The molecule has 4 heteroatoms. The number of carboxylic acid groups (broad SMARTS) is 1. The Kier molecular flexibility index (Phi) is 6.61. The number of alkyl halides is 2. The largest absolute Gasteiger partial charge is 0.479 e. The second-order valence-corrected chi connectivity index (χ2v) is 2.70. The molecule has 1 atom stereocenters. The van der Waals surface area contributed by atoms with Crippen molar-refractivity contribution in [2.45, 2.75) is 38.3 Å². The zero-order valence-electron chi connectivity index (χ0n) is 6.93. The lowest BCUT2D eigenvalue weighted by Crippen LogP contribution is -2.13. The van der Waals surface area contributed by atoms with Crippen molar-refractivity contribution in [1.82, 2.24) is 0 Å². The average Bonchev–Trinajstić information content (AvgIpc) is 2.03. The maximum Gasteiger partial charge on any atom is 0.338 e. The van der Waals surface area contributed by atoms with Crippen LogP contribution in [0.5, 0.6) is 0 Å². The Morgan fingerprint density at radius 1 is 1.25 bits per heavy atom. The quantitative estimate of drug-likeness (QED) is 0.610. The molecule has 1 N–H and O–H groups in total. The van der Waals surface area contributed by atoms with Gasteiger partial charge < -0.3 is 5.11 Å². The van der Waals surface area contributed by atoms with Gasteiger partial charge in [0.25, 0.3) is 0 Å². The Balaban J connectivity index is 3.14. The van der Waals surface area contributed by atoms with Gasteiger partial charge in [-0.25, -0.2) is 9.18 Å². The second kappa shape index (κ2) is 7.00. The van der Waals surface area contributed by atoms with Crippen LogP contribution in [0.15, 0.2) is 0 Å². The highest BCUT2D eigenvalue weighted by molar-refractivity contribution is 5.71. The molecule has 0 aliphatic rings. The fraction of sp³-hybridized carbons (Fsp3) is 0.875. The van der Waals surface area contributed by atoms with E-state index < -0.39 is 12.1 Å². The molecule has 0 bridgehead atoms. The van der Waals surface area contributed by atoms with Gasteiger partial charge in [-0.2, -0.15) is 0 Å². The molecule has 1 unspecified atom stereocenters. The van der Waals surface area contributed by atoms with Crippen LogP contribution in [0.25, 0.3) is 0 Å². The van der Waals surface area contributed by atoms with Crippen molar-refractivity contribution in [1.29, 1.82) is 0 Å². The Hall–Kier alpha value is -0.670. The highest BCUT2D eigenvalue weighted by Crippen LogP contribution is 2.08. The molecule has 0 fully saturated rings. The molecule has 0 heterocycles. The minimum Gasteiger partial charge on any atom is -0.479 e. The van der Waals surface area contributed by atoms with Gasteiger partial charge in [-0.15, -0.1) is 0 Å². The van der Waals surface area contributed by atoms with Gasteiger partial charge in [0.1, 0.15) is 0 Å². The number of rotatable bonds is 7. The minimum atomic E-state index is -1.75. The summed E-state index contributed by atoms with van der Waals surface area (Å²) in [6, 6.07) is 0. The first-order valence-electron chi connectivity index (χ1n) is 4.11. The topological polar surface area (TPSA) is 37.3 Å². The Morgan fingerprint density at radius 3 is 2.33 bits per heavy atom. The van der Waals surface area contributed by atoms with E-state index in [1.807, 2.05) is 0 Å². The molecule has 2 nitrogen and oxygen atoms in total. The highest BCUT2D eigenvalue weighted by atomic mass is 19.1. The van der Waals surface area contributed by atoms with E-state index in [1.165, 1.54) is 0 Å². The van der Waals surface area contributed by atoms with Gasteiger partial charge in [-0.1, -0.05) is 12.8 Å². The summed E-state index contributed by atoms with van der Waals surface area (Å²) in [5.74, 6) is -1.40. The van der Waals surface area contributed by atoms with Gasteiger partial charge in [-0.3, -0.25) is 4.39 Å². The molecule has 0 saturated heterocycles. The van der Waals surface area contributed by atoms with Crippen molar-refractivity contribution < 1.29 is 18.7 Å². The maximum absolute atomic E-state index is 12.4. The molecular formula is C8H14F2O2. The van der Waals surface area contributed by atoms with Crippen molar-refractivity contribution in [3.05, 3.63) is 0 Å². The number of aliphatic carboxylic acids is 1. The van der Waals surface area contributed by atoms with Gasteiger partial charge in [0.15, 0.2) is 6.17 Å². The molecule has 0 saturated carbocycles. The van der Waals surface area contributed by atoms with E-state index >= 15 is 0 Å². The molecular weight excluding hydrogens is 166 g/mol. The predicted octanol–water partition coefficient (Wildman–Crippen LogP) is 2.33. The lowest BCUT2D eigenvalue weighted by atomic mass is 10.1. The number of unbranched alkanes of at least 4 members (excludes halogenated alkanes) is 3. The Morgan fingerprint density at radius 2 is 1.83 bits per heavy atom. The zero-order valence-corrected chi connectivity index (χ0v) is 6.93. The SMILES string of the molecule is O=C(O)C(F)CCCCCCF. The second-order valence-electron chi connectivity index (χ2n) is 2.70. The molecule has 0 rings (SSSR count). The molecule has 72 valence electrons. The number of carboxylic acids is 1. The molecule has 0 aromatic carbocycles. The predicted molar refractivity (Wildman–Crippen MR) is 41.6 cm³/mol. The maximum atomic E-state index is 12.4. The van der Waals surface area contributed by atoms with Gasteiger partial charge in [0.05, 0.1) is 6.67 Å². The molecule has 0 amide bonds. The summed E-state index contributed by atoms with van der Waals surface area (Å²) < 4.78 is 23.9. The first-order valence-corrected chi connectivity index (χ1v) is 4.11. The standard InChI is InChI=1S/C8H14F2O2/c9-6-4-2-1-3-5-7(10)8(11)12/h7H,1-6H2,(H,11,12). The van der Waals surface area contributed by atoms with Crippen LogP contribution in [-0.2, 0) is 4.79 Å². The fourth-order valence-corrected chi connectivity index (χ4v) is 0.895. The van der Waals surface area contributed by atoms with E-state index in [9.17, 15) is 13.6 Å². The van der Waals surface area contributed by atoms with Crippen molar-refractivity contribution >= 4 is 5.97 Å². The summed E-state index contributed by atoms with van der Waals surface area (Å²) in [6.45, 7) is -0.349. The fourth-order valence-electron chi connectivity index (χ4n) is 0.895. The number of hydrogen-bond acceptors (Lipinski definition) is 1. The number of hydrogen-bond donors (Lipinski definition) is 1. The molecule has 0 aliphatic heterocycles. The van der Waals surface area contributed by atoms with Crippen LogP contribution < -0.4 is 0 Å². The van der Waals surface area contributed by atoms with E-state index in [-0.39, 0.29) is 13.1 Å². The summed E-state index contributed by atoms with van der Waals surface area (Å²) >= 11 is 0. The van der Waals surface area contributed by atoms with Crippen LogP contribution in [0.3, 0.4) is 0 Å². The van der Waals surface area contributed by atoms with Gasteiger partial charge in [0, 0.05) is 0 Å². The van der Waals surface area contributed by atoms with Crippen molar-refractivity contribution in [3.8, 4) is 0 Å². The van der Waals surface area contributed by atoms with Crippen LogP contribution >= 0.6 is 0 Å². The minimum absolute atomic E-state index is 0.0433. The average molecular weight is 180 g/mol. The number of carbonyl (C=O) groups is 1. The van der Waals surface area contributed by atoms with Gasteiger partial charge in [-0.05, 0) is 19.3 Å². The molecule has 0 spiro atoms. The lowest BCUT2D eigenvalue weighted by molar-refractivity contribution is -0.143. The molecule has 12 heavy (non-hydrogen) atoms. The van der Waals surface area contributed by atoms with E-state index in [4.69, 9.17) is 5.11 Å². The van der Waals surface area contributed by atoms with Crippen molar-refractivity contribution in [2.75, 3.05) is 6.67 Å². The normalized spacial score (nSPS) is 12.8. The van der Waals surface area contributed by atoms with E-state index in [0.717, 1.165) is 0 Å². The first-order chi connectivity index (χ1) is 5.68. The molecule has 0 aromatic heterocycles.